The van der Waals surface area contributed by atoms with Gasteiger partial charge in [-0.25, -0.2) is 4.79 Å². The molecule has 1 aromatic rings. The Morgan fingerprint density at radius 1 is 1.14 bits per heavy atom. The second-order valence-electron chi connectivity index (χ2n) is 6.01. The molecule has 1 rings (SSSR count). The van der Waals surface area contributed by atoms with Crippen LogP contribution in [0.3, 0.4) is 0 Å². The molecule has 0 fully saturated rings. The number of nitroso groups, excluding NO2 is 1. The van der Waals surface area contributed by atoms with Crippen LogP contribution in [-0.2, 0) is 22.8 Å². The zero-order valence-corrected chi connectivity index (χ0v) is 18.1. The molecule has 1 amide bonds. The van der Waals surface area contributed by atoms with Gasteiger partial charge in [0.2, 0.25) is 0 Å². The summed E-state index contributed by atoms with van der Waals surface area (Å²) in [7, 11) is 1.99. The standard InChI is InChI=1S/C18H29N3O7Si/c1-25-29(26-2,27-3)15-4-10-19-18(23)28-14-12-21(11-5-13-22)17-8-6-16(20-24)7-9-17/h6-9,13H,4-5,10-12,14-15H2,1-3H3,(H,19,23). The van der Waals surface area contributed by atoms with E-state index >= 15 is 0 Å². The first-order valence-corrected chi connectivity index (χ1v) is 11.2. The van der Waals surface area contributed by atoms with Gasteiger partial charge in [0.05, 0.1) is 6.54 Å². The lowest BCUT2D eigenvalue weighted by molar-refractivity contribution is -0.107. The molecule has 0 radical (unpaired) electrons. The van der Waals surface area contributed by atoms with E-state index in [2.05, 4.69) is 10.5 Å². The summed E-state index contributed by atoms with van der Waals surface area (Å²) in [5.74, 6) is 0. The Bertz CT molecular complexity index is 618. The number of carbonyl (C=O) groups excluding carboxylic acids is 2. The van der Waals surface area contributed by atoms with E-state index in [0.29, 0.717) is 44.2 Å². The van der Waals surface area contributed by atoms with Crippen LogP contribution in [-0.4, -0.2) is 68.8 Å². The number of ether oxygens (including phenoxy) is 1. The van der Waals surface area contributed by atoms with Crippen LogP contribution in [0, 0.1) is 4.91 Å². The molecule has 10 nitrogen and oxygen atoms in total. The molecule has 162 valence electrons. The van der Waals surface area contributed by atoms with Gasteiger partial charge >= 0.3 is 14.9 Å². The minimum absolute atomic E-state index is 0.144. The first kappa shape index (κ1) is 24.7. The van der Waals surface area contributed by atoms with E-state index < -0.39 is 14.9 Å². The third kappa shape index (κ3) is 8.69. The van der Waals surface area contributed by atoms with Crippen molar-refractivity contribution in [2.45, 2.75) is 18.9 Å². The van der Waals surface area contributed by atoms with Crippen LogP contribution in [0.25, 0.3) is 0 Å². The Labute approximate surface area is 171 Å². The van der Waals surface area contributed by atoms with Crippen molar-refractivity contribution in [3.63, 3.8) is 0 Å². The number of hydrogen-bond acceptors (Lipinski definition) is 9. The Hall–Kier alpha value is -2.34. The summed E-state index contributed by atoms with van der Waals surface area (Å²) in [6.45, 7) is 1.42. The maximum atomic E-state index is 11.9. The van der Waals surface area contributed by atoms with E-state index in [-0.39, 0.29) is 6.61 Å². The minimum atomic E-state index is -2.64. The summed E-state index contributed by atoms with van der Waals surface area (Å²) in [5.41, 5.74) is 1.13. The average Bonchev–Trinajstić information content (AvgIpc) is 2.77. The molecule has 0 aromatic heterocycles. The highest BCUT2D eigenvalue weighted by atomic mass is 28.4. The number of nitrogens with one attached hydrogen (secondary N) is 1. The Morgan fingerprint density at radius 2 is 1.79 bits per heavy atom. The van der Waals surface area contributed by atoms with Gasteiger partial charge in [-0.15, -0.1) is 4.91 Å². The summed E-state index contributed by atoms with van der Waals surface area (Å²) >= 11 is 0. The highest BCUT2D eigenvalue weighted by Gasteiger charge is 2.36. The van der Waals surface area contributed by atoms with Crippen molar-refractivity contribution in [3.8, 4) is 0 Å². The molecule has 0 unspecified atom stereocenters. The van der Waals surface area contributed by atoms with Crippen LogP contribution in [0.1, 0.15) is 12.8 Å². The fourth-order valence-electron chi connectivity index (χ4n) is 2.65. The van der Waals surface area contributed by atoms with Gasteiger partial charge in [0.25, 0.3) is 0 Å². The number of carbonyl (C=O) groups is 2. The Kier molecular flexibility index (Phi) is 11.7. The maximum Gasteiger partial charge on any atom is 0.500 e. The van der Waals surface area contributed by atoms with Crippen LogP contribution in [0.15, 0.2) is 29.4 Å². The third-order valence-corrected chi connectivity index (χ3v) is 7.13. The van der Waals surface area contributed by atoms with Crippen molar-refractivity contribution in [1.82, 2.24) is 5.32 Å². The first-order valence-electron chi connectivity index (χ1n) is 9.22. The predicted molar refractivity (Wildman–Crippen MR) is 110 cm³/mol. The van der Waals surface area contributed by atoms with Crippen LogP contribution in [0.2, 0.25) is 6.04 Å². The summed E-state index contributed by atoms with van der Waals surface area (Å²) < 4.78 is 21.2. The number of alkyl carbamates (subject to hydrolysis) is 1. The summed E-state index contributed by atoms with van der Waals surface area (Å²) in [6, 6.07) is 7.22. The minimum Gasteiger partial charge on any atom is -0.448 e. The van der Waals surface area contributed by atoms with E-state index in [0.717, 1.165) is 12.0 Å². The molecular formula is C18H29N3O7Si. The Balaban J connectivity index is 2.40. The molecule has 1 N–H and O–H groups in total. The Morgan fingerprint density at radius 3 is 2.34 bits per heavy atom. The molecule has 0 heterocycles. The quantitative estimate of drug-likeness (QED) is 0.196. The van der Waals surface area contributed by atoms with Crippen molar-refractivity contribution >= 4 is 32.6 Å². The third-order valence-electron chi connectivity index (χ3n) is 4.29. The normalized spacial score (nSPS) is 11.0. The summed E-state index contributed by atoms with van der Waals surface area (Å²) in [6.07, 6.45) is 1.26. The number of hydrogen-bond donors (Lipinski definition) is 1. The summed E-state index contributed by atoms with van der Waals surface area (Å²) in [5, 5.41) is 5.53. The second kappa shape index (κ2) is 13.8. The highest BCUT2D eigenvalue weighted by Crippen LogP contribution is 2.19. The molecule has 0 spiro atoms. The fraction of sp³-hybridized carbons (Fsp3) is 0.556. The van der Waals surface area contributed by atoms with Crippen molar-refractivity contribution in [3.05, 3.63) is 29.2 Å². The molecule has 29 heavy (non-hydrogen) atoms. The molecule has 0 bridgehead atoms. The van der Waals surface area contributed by atoms with Gasteiger partial charge in [-0.05, 0) is 35.9 Å². The van der Waals surface area contributed by atoms with Crippen LogP contribution in [0.5, 0.6) is 0 Å². The lowest BCUT2D eigenvalue weighted by atomic mass is 10.2. The molecule has 0 atom stereocenters. The van der Waals surface area contributed by atoms with Crippen molar-refractivity contribution in [1.29, 1.82) is 0 Å². The molecule has 0 aliphatic rings. The van der Waals surface area contributed by atoms with Crippen LogP contribution < -0.4 is 10.2 Å². The zero-order valence-electron chi connectivity index (χ0n) is 17.1. The van der Waals surface area contributed by atoms with E-state index in [4.69, 9.17) is 18.0 Å². The molecule has 0 saturated heterocycles. The largest absolute Gasteiger partial charge is 0.500 e. The van der Waals surface area contributed by atoms with Crippen molar-refractivity contribution in [2.24, 2.45) is 5.18 Å². The number of nitrogens with zero attached hydrogens (tertiary/aromatic N) is 2. The van der Waals surface area contributed by atoms with Crippen LogP contribution in [0.4, 0.5) is 16.2 Å². The van der Waals surface area contributed by atoms with Crippen molar-refractivity contribution in [2.75, 3.05) is 52.5 Å². The highest BCUT2D eigenvalue weighted by molar-refractivity contribution is 6.60. The molecule has 0 aliphatic carbocycles. The fourth-order valence-corrected chi connectivity index (χ4v) is 4.38. The van der Waals surface area contributed by atoms with Gasteiger partial charge < -0.3 is 33.0 Å². The number of anilines is 1. The van der Waals surface area contributed by atoms with Gasteiger partial charge in [-0.3, -0.25) is 0 Å². The second-order valence-corrected chi connectivity index (χ2v) is 9.10. The topological polar surface area (TPSA) is 116 Å². The van der Waals surface area contributed by atoms with Crippen LogP contribution >= 0.6 is 0 Å². The van der Waals surface area contributed by atoms with E-state index in [1.807, 2.05) is 4.90 Å². The predicted octanol–water partition coefficient (Wildman–Crippen LogP) is 2.47. The molecular weight excluding hydrogens is 398 g/mol. The summed E-state index contributed by atoms with van der Waals surface area (Å²) in [4.78, 5) is 35.0. The van der Waals surface area contributed by atoms with E-state index in [1.54, 1.807) is 45.6 Å². The lowest BCUT2D eigenvalue weighted by Crippen LogP contribution is -2.43. The van der Waals surface area contributed by atoms with Gasteiger partial charge in [0.1, 0.15) is 18.6 Å². The monoisotopic (exact) mass is 427 g/mol. The molecule has 1 aromatic carbocycles. The number of amides is 1. The van der Waals surface area contributed by atoms with Crippen molar-refractivity contribution < 1.29 is 27.6 Å². The molecule has 0 aliphatic heterocycles. The number of benzene rings is 1. The van der Waals surface area contributed by atoms with Gasteiger partial charge in [-0.2, -0.15) is 0 Å². The lowest BCUT2D eigenvalue weighted by Gasteiger charge is -2.24. The SMILES string of the molecule is CO[Si](CCCNC(=O)OCCN(CCC=O)c1ccc(N=O)cc1)(OC)OC. The van der Waals surface area contributed by atoms with Gasteiger partial charge in [0, 0.05) is 52.6 Å². The van der Waals surface area contributed by atoms with Gasteiger partial charge in [-0.1, -0.05) is 0 Å². The van der Waals surface area contributed by atoms with E-state index in [9.17, 15) is 14.5 Å². The van der Waals surface area contributed by atoms with Gasteiger partial charge in [0.15, 0.2) is 0 Å². The average molecular weight is 428 g/mol. The smallest absolute Gasteiger partial charge is 0.448 e. The molecule has 0 saturated carbocycles. The molecule has 11 heteroatoms. The first-order chi connectivity index (χ1) is 14.0. The zero-order chi connectivity index (χ0) is 21.5. The number of aldehydes is 1. The number of rotatable bonds is 15. The maximum absolute atomic E-state index is 11.9. The van der Waals surface area contributed by atoms with E-state index in [1.165, 1.54) is 0 Å².